The largest absolute Gasteiger partial charge is 0.459 e. The van der Waals surface area contributed by atoms with Gasteiger partial charge in [-0.2, -0.15) is 0 Å². The first-order valence-corrected chi connectivity index (χ1v) is 11.8. The van der Waals surface area contributed by atoms with Crippen LogP contribution < -0.4 is 5.32 Å². The molecular weight excluding hydrogens is 458 g/mol. The molecule has 0 radical (unpaired) electrons. The summed E-state index contributed by atoms with van der Waals surface area (Å²) in [5.41, 5.74) is 2.32. The number of fused-ring (bicyclic) bond motifs is 1. The van der Waals surface area contributed by atoms with Crippen LogP contribution >= 0.6 is 11.3 Å². The van der Waals surface area contributed by atoms with Crippen LogP contribution in [0.2, 0.25) is 0 Å². The van der Waals surface area contributed by atoms with Gasteiger partial charge in [-0.25, -0.2) is 14.3 Å². The molecule has 34 heavy (non-hydrogen) atoms. The molecule has 1 aliphatic carbocycles. The Morgan fingerprint density at radius 1 is 1.21 bits per heavy atom. The molecule has 1 atom stereocenters. The topological polar surface area (TPSA) is 125 Å². The van der Waals surface area contributed by atoms with Crippen molar-refractivity contribution in [2.45, 2.75) is 46.1 Å². The minimum Gasteiger partial charge on any atom is -0.459 e. The Hall–Kier alpha value is -3.60. The lowest BCUT2D eigenvalue weighted by molar-refractivity contribution is -0.119. The highest BCUT2D eigenvalue weighted by Crippen LogP contribution is 2.40. The summed E-state index contributed by atoms with van der Waals surface area (Å²) < 4.78 is 12.0. The van der Waals surface area contributed by atoms with Crippen molar-refractivity contribution in [2.24, 2.45) is 5.92 Å². The Morgan fingerprint density at radius 3 is 2.65 bits per heavy atom. The summed E-state index contributed by atoms with van der Waals surface area (Å²) in [7, 11) is 0. The Kier molecular flexibility index (Phi) is 7.01. The Morgan fingerprint density at radius 2 is 1.97 bits per heavy atom. The number of benzene rings is 1. The SMILES string of the molecule is CC(C)OC(=O)c1c(NC(=O)COC(=O)c2ccc(-n3cnnn3)cc2)sc2c1CC[C@@H](C)C2. The molecule has 0 spiro atoms. The molecule has 0 bridgehead atoms. The van der Waals surface area contributed by atoms with Crippen LogP contribution in [0.25, 0.3) is 5.69 Å². The monoisotopic (exact) mass is 483 g/mol. The fraction of sp³-hybridized carbons (Fsp3) is 0.391. The van der Waals surface area contributed by atoms with Gasteiger partial charge in [0.15, 0.2) is 6.61 Å². The zero-order valence-electron chi connectivity index (χ0n) is 19.1. The minimum absolute atomic E-state index is 0.276. The second-order valence-electron chi connectivity index (χ2n) is 8.44. The number of tetrazole rings is 1. The molecule has 0 saturated carbocycles. The highest BCUT2D eigenvalue weighted by Gasteiger charge is 2.29. The maximum Gasteiger partial charge on any atom is 0.341 e. The summed E-state index contributed by atoms with van der Waals surface area (Å²) in [6, 6.07) is 6.45. The van der Waals surface area contributed by atoms with E-state index < -0.39 is 24.5 Å². The van der Waals surface area contributed by atoms with E-state index in [9.17, 15) is 14.4 Å². The normalized spacial score (nSPS) is 15.0. The maximum absolute atomic E-state index is 12.8. The second-order valence-corrected chi connectivity index (χ2v) is 9.54. The molecule has 11 heteroatoms. The van der Waals surface area contributed by atoms with E-state index in [0.29, 0.717) is 22.2 Å². The van der Waals surface area contributed by atoms with E-state index in [1.807, 2.05) is 0 Å². The van der Waals surface area contributed by atoms with E-state index in [4.69, 9.17) is 9.47 Å². The Labute approximate surface area is 200 Å². The molecule has 3 aromatic rings. The molecule has 1 aliphatic rings. The summed E-state index contributed by atoms with van der Waals surface area (Å²) >= 11 is 1.39. The van der Waals surface area contributed by atoms with Gasteiger partial charge < -0.3 is 14.8 Å². The van der Waals surface area contributed by atoms with E-state index >= 15 is 0 Å². The molecule has 0 aliphatic heterocycles. The first-order valence-electron chi connectivity index (χ1n) is 11.0. The van der Waals surface area contributed by atoms with Crippen molar-refractivity contribution in [1.82, 2.24) is 20.2 Å². The van der Waals surface area contributed by atoms with E-state index in [1.54, 1.807) is 38.1 Å². The highest BCUT2D eigenvalue weighted by atomic mass is 32.1. The Balaban J connectivity index is 1.41. The highest BCUT2D eigenvalue weighted by molar-refractivity contribution is 7.17. The van der Waals surface area contributed by atoms with E-state index in [2.05, 4.69) is 27.8 Å². The van der Waals surface area contributed by atoms with Crippen LogP contribution in [0.15, 0.2) is 30.6 Å². The smallest absolute Gasteiger partial charge is 0.341 e. The zero-order valence-corrected chi connectivity index (χ0v) is 19.9. The summed E-state index contributed by atoms with van der Waals surface area (Å²) in [6.07, 6.45) is 3.76. The quantitative estimate of drug-likeness (QED) is 0.508. The molecule has 178 valence electrons. The van der Waals surface area contributed by atoms with Crippen molar-refractivity contribution in [3.8, 4) is 5.69 Å². The van der Waals surface area contributed by atoms with Gasteiger partial charge in [0.1, 0.15) is 11.3 Å². The van der Waals surface area contributed by atoms with Crippen molar-refractivity contribution in [3.63, 3.8) is 0 Å². The number of aromatic nitrogens is 4. The van der Waals surface area contributed by atoms with E-state index in [-0.39, 0.29) is 11.7 Å². The van der Waals surface area contributed by atoms with Crippen LogP contribution in [0.1, 0.15) is 58.3 Å². The molecule has 0 saturated heterocycles. The Bertz CT molecular complexity index is 1190. The predicted octanol–water partition coefficient (Wildman–Crippen LogP) is 3.21. The van der Waals surface area contributed by atoms with Gasteiger partial charge in [-0.1, -0.05) is 6.92 Å². The molecule has 2 heterocycles. The fourth-order valence-electron chi connectivity index (χ4n) is 3.73. The maximum atomic E-state index is 12.8. The van der Waals surface area contributed by atoms with Gasteiger partial charge >= 0.3 is 11.9 Å². The molecule has 1 N–H and O–H groups in total. The van der Waals surface area contributed by atoms with Crippen LogP contribution in [0.4, 0.5) is 5.00 Å². The van der Waals surface area contributed by atoms with Crippen molar-refractivity contribution in [2.75, 3.05) is 11.9 Å². The lowest BCUT2D eigenvalue weighted by atomic mass is 9.88. The molecule has 0 unspecified atom stereocenters. The zero-order chi connectivity index (χ0) is 24.2. The first kappa shape index (κ1) is 23.6. The lowest BCUT2D eigenvalue weighted by Crippen LogP contribution is -2.22. The summed E-state index contributed by atoms with van der Waals surface area (Å²) in [6.45, 7) is 5.25. The van der Waals surface area contributed by atoms with Crippen LogP contribution in [0.5, 0.6) is 0 Å². The van der Waals surface area contributed by atoms with Gasteiger partial charge in [-0.3, -0.25) is 4.79 Å². The molecular formula is C23H25N5O5S. The van der Waals surface area contributed by atoms with Gasteiger partial charge in [0.2, 0.25) is 0 Å². The van der Waals surface area contributed by atoms with Crippen molar-refractivity contribution < 1.29 is 23.9 Å². The van der Waals surface area contributed by atoms with Crippen LogP contribution in [-0.4, -0.2) is 50.8 Å². The average molecular weight is 484 g/mol. The van der Waals surface area contributed by atoms with Crippen molar-refractivity contribution in [3.05, 3.63) is 52.2 Å². The third kappa shape index (κ3) is 5.30. The molecule has 1 amide bonds. The minimum atomic E-state index is -0.642. The average Bonchev–Trinajstić information content (AvgIpc) is 3.45. The number of esters is 2. The van der Waals surface area contributed by atoms with E-state index in [1.165, 1.54) is 22.3 Å². The molecule has 2 aromatic heterocycles. The summed E-state index contributed by atoms with van der Waals surface area (Å²) in [5.74, 6) is -1.10. The van der Waals surface area contributed by atoms with E-state index in [0.717, 1.165) is 29.7 Å². The van der Waals surface area contributed by atoms with Gasteiger partial charge in [-0.15, -0.1) is 16.4 Å². The molecule has 10 nitrogen and oxygen atoms in total. The number of ether oxygens (including phenoxy) is 2. The van der Waals surface area contributed by atoms with Gasteiger partial charge in [0.05, 0.1) is 22.9 Å². The number of hydrogen-bond donors (Lipinski definition) is 1. The lowest BCUT2D eigenvalue weighted by Gasteiger charge is -2.18. The van der Waals surface area contributed by atoms with Crippen molar-refractivity contribution >= 4 is 34.2 Å². The van der Waals surface area contributed by atoms with Gasteiger partial charge in [0.25, 0.3) is 5.91 Å². The standard InChI is InChI=1S/C23H25N5O5S/c1-13(2)33-23(31)20-17-9-4-14(3)10-18(17)34-21(20)25-19(29)11-32-22(30)15-5-7-16(8-6-15)28-12-24-26-27-28/h5-8,12-14H,4,9-11H2,1-3H3,(H,25,29)/t14-/m1/s1. The van der Waals surface area contributed by atoms with Crippen LogP contribution in [0, 0.1) is 5.92 Å². The first-order chi connectivity index (χ1) is 16.3. The number of rotatable bonds is 7. The fourth-order valence-corrected chi connectivity index (χ4v) is 5.15. The molecule has 4 rings (SSSR count). The third-order valence-electron chi connectivity index (χ3n) is 5.36. The number of anilines is 1. The molecule has 0 fully saturated rings. The van der Waals surface area contributed by atoms with Crippen molar-refractivity contribution in [1.29, 1.82) is 0 Å². The van der Waals surface area contributed by atoms with Crippen LogP contribution in [-0.2, 0) is 27.1 Å². The molecule has 1 aromatic carbocycles. The number of carbonyl (C=O) groups excluding carboxylic acids is 3. The number of nitrogens with zero attached hydrogens (tertiary/aromatic N) is 4. The van der Waals surface area contributed by atoms with Crippen LogP contribution in [0.3, 0.4) is 0 Å². The number of amides is 1. The van der Waals surface area contributed by atoms with Gasteiger partial charge in [0, 0.05) is 4.88 Å². The predicted molar refractivity (Wildman–Crippen MR) is 124 cm³/mol. The number of hydrogen-bond acceptors (Lipinski definition) is 9. The summed E-state index contributed by atoms with van der Waals surface area (Å²) in [4.78, 5) is 38.8. The third-order valence-corrected chi connectivity index (χ3v) is 6.53. The number of nitrogens with one attached hydrogen (secondary N) is 1. The van der Waals surface area contributed by atoms with Gasteiger partial charge in [-0.05, 0) is 79.3 Å². The number of thiophene rings is 1. The summed E-state index contributed by atoms with van der Waals surface area (Å²) in [5, 5.41) is 14.1. The second kappa shape index (κ2) is 10.1. The number of carbonyl (C=O) groups is 3.